The molecule has 108 valence electrons. The third-order valence-electron chi connectivity index (χ3n) is 3.32. The minimum absolute atomic E-state index is 0.161. The summed E-state index contributed by atoms with van der Waals surface area (Å²) in [6, 6.07) is -1.19. The van der Waals surface area contributed by atoms with E-state index >= 15 is 0 Å². The summed E-state index contributed by atoms with van der Waals surface area (Å²) in [5, 5.41) is 14.2. The van der Waals surface area contributed by atoms with Crippen molar-refractivity contribution >= 4 is 17.9 Å². The first-order chi connectivity index (χ1) is 8.79. The molecule has 1 aliphatic heterocycles. The summed E-state index contributed by atoms with van der Waals surface area (Å²) in [7, 11) is 1.53. The van der Waals surface area contributed by atoms with Crippen molar-refractivity contribution in [3.05, 3.63) is 0 Å². The second kappa shape index (κ2) is 5.90. The van der Waals surface area contributed by atoms with Gasteiger partial charge in [0.25, 0.3) is 0 Å². The number of carbonyl (C=O) groups excluding carboxylic acids is 2. The zero-order chi connectivity index (χ0) is 14.6. The van der Waals surface area contributed by atoms with Gasteiger partial charge in [-0.2, -0.15) is 0 Å². The van der Waals surface area contributed by atoms with Gasteiger partial charge in [-0.15, -0.1) is 0 Å². The summed E-state index contributed by atoms with van der Waals surface area (Å²) in [6.45, 7) is 4.02. The van der Waals surface area contributed by atoms with E-state index in [-0.39, 0.29) is 12.5 Å². The minimum atomic E-state index is -0.988. The van der Waals surface area contributed by atoms with Gasteiger partial charge in [0.1, 0.15) is 6.04 Å². The fraction of sp³-hybridized carbons (Fsp3) is 0.750. The van der Waals surface area contributed by atoms with Crippen molar-refractivity contribution in [2.45, 2.75) is 32.7 Å². The molecule has 0 aromatic carbocycles. The first-order valence-corrected chi connectivity index (χ1v) is 6.29. The lowest BCUT2D eigenvalue weighted by Crippen LogP contribution is -2.50. The van der Waals surface area contributed by atoms with Crippen LogP contribution in [-0.2, 0) is 9.59 Å². The lowest BCUT2D eigenvalue weighted by Gasteiger charge is -2.26. The van der Waals surface area contributed by atoms with Crippen LogP contribution in [0, 0.1) is 5.41 Å². The maximum atomic E-state index is 11.9. The second-order valence-electron chi connectivity index (χ2n) is 5.31. The zero-order valence-electron chi connectivity index (χ0n) is 11.5. The molecule has 0 bridgehead atoms. The van der Waals surface area contributed by atoms with Crippen LogP contribution >= 0.6 is 0 Å². The Labute approximate surface area is 112 Å². The van der Waals surface area contributed by atoms with Gasteiger partial charge in [-0.05, 0) is 26.7 Å². The van der Waals surface area contributed by atoms with Gasteiger partial charge >= 0.3 is 12.0 Å². The Hall–Kier alpha value is -1.79. The highest BCUT2D eigenvalue weighted by Crippen LogP contribution is 2.18. The van der Waals surface area contributed by atoms with Gasteiger partial charge in [-0.3, -0.25) is 4.79 Å². The number of carboxylic acid groups (broad SMARTS) is 1. The van der Waals surface area contributed by atoms with E-state index in [9.17, 15) is 14.4 Å². The Morgan fingerprint density at radius 3 is 2.53 bits per heavy atom. The molecule has 0 unspecified atom stereocenters. The first-order valence-electron chi connectivity index (χ1n) is 6.29. The number of rotatable bonds is 4. The number of hydrogen-bond acceptors (Lipinski definition) is 3. The van der Waals surface area contributed by atoms with E-state index in [1.54, 1.807) is 13.8 Å². The molecule has 1 saturated heterocycles. The van der Waals surface area contributed by atoms with E-state index < -0.39 is 23.5 Å². The summed E-state index contributed by atoms with van der Waals surface area (Å²) in [6.07, 6.45) is 1.16. The molecule has 0 saturated carbocycles. The van der Waals surface area contributed by atoms with Crippen molar-refractivity contribution in [1.82, 2.24) is 15.5 Å². The Morgan fingerprint density at radius 2 is 2.00 bits per heavy atom. The predicted molar refractivity (Wildman–Crippen MR) is 68.6 cm³/mol. The molecule has 1 aliphatic rings. The number of hydrogen-bond donors (Lipinski definition) is 3. The third-order valence-corrected chi connectivity index (χ3v) is 3.32. The van der Waals surface area contributed by atoms with Crippen LogP contribution in [0.25, 0.3) is 0 Å². The molecule has 1 fully saturated rings. The average Bonchev–Trinajstić information content (AvgIpc) is 2.84. The zero-order valence-corrected chi connectivity index (χ0v) is 11.5. The van der Waals surface area contributed by atoms with E-state index in [4.69, 9.17) is 5.11 Å². The molecule has 1 atom stereocenters. The fourth-order valence-electron chi connectivity index (χ4n) is 2.08. The van der Waals surface area contributed by atoms with Crippen molar-refractivity contribution in [3.63, 3.8) is 0 Å². The summed E-state index contributed by atoms with van der Waals surface area (Å²) >= 11 is 0. The highest BCUT2D eigenvalue weighted by molar-refractivity contribution is 5.85. The van der Waals surface area contributed by atoms with Gasteiger partial charge in [0.2, 0.25) is 5.91 Å². The molecule has 19 heavy (non-hydrogen) atoms. The van der Waals surface area contributed by atoms with Crippen molar-refractivity contribution in [2.24, 2.45) is 5.41 Å². The molecular formula is C12H21N3O4. The van der Waals surface area contributed by atoms with E-state index in [2.05, 4.69) is 10.6 Å². The standard InChI is InChI=1S/C12H21N3O4/c1-12(2,10(18)13-3)7-14-11(19)15-6-4-5-8(15)9(16)17/h8H,4-7H2,1-3H3,(H,13,18)(H,14,19)(H,16,17)/t8-/m1/s1. The average molecular weight is 271 g/mol. The molecule has 0 spiro atoms. The maximum Gasteiger partial charge on any atom is 0.326 e. The monoisotopic (exact) mass is 271 g/mol. The van der Waals surface area contributed by atoms with Gasteiger partial charge in [0.05, 0.1) is 5.41 Å². The molecule has 3 N–H and O–H groups in total. The van der Waals surface area contributed by atoms with Gasteiger partial charge in [-0.25, -0.2) is 9.59 Å². The molecular weight excluding hydrogens is 250 g/mol. The molecule has 0 aromatic rings. The van der Waals surface area contributed by atoms with Crippen molar-refractivity contribution in [2.75, 3.05) is 20.1 Å². The van der Waals surface area contributed by atoms with Gasteiger partial charge in [-0.1, -0.05) is 0 Å². The Bertz CT molecular complexity index is 381. The summed E-state index contributed by atoms with van der Waals surface area (Å²) in [5.74, 6) is -1.16. The van der Waals surface area contributed by atoms with Gasteiger partial charge < -0.3 is 20.6 Å². The number of likely N-dealkylation sites (tertiary alicyclic amines) is 1. The molecule has 0 aliphatic carbocycles. The van der Waals surface area contributed by atoms with E-state index in [1.165, 1.54) is 11.9 Å². The number of carbonyl (C=O) groups is 3. The predicted octanol–water partition coefficient (Wildman–Crippen LogP) is 0.0172. The van der Waals surface area contributed by atoms with Crippen molar-refractivity contribution in [3.8, 4) is 0 Å². The van der Waals surface area contributed by atoms with Gasteiger partial charge in [0.15, 0.2) is 0 Å². The Morgan fingerprint density at radius 1 is 1.37 bits per heavy atom. The summed E-state index contributed by atoms with van der Waals surface area (Å²) in [4.78, 5) is 35.8. The van der Waals surface area contributed by atoms with Crippen LogP contribution in [0.5, 0.6) is 0 Å². The van der Waals surface area contributed by atoms with E-state index in [0.717, 1.165) is 0 Å². The van der Waals surface area contributed by atoms with Crippen LogP contribution in [0.15, 0.2) is 0 Å². The smallest absolute Gasteiger partial charge is 0.326 e. The molecule has 7 nitrogen and oxygen atoms in total. The van der Waals surface area contributed by atoms with Gasteiger partial charge in [0, 0.05) is 20.1 Å². The molecule has 3 amide bonds. The Kier molecular flexibility index (Phi) is 4.74. The topological polar surface area (TPSA) is 98.7 Å². The van der Waals surface area contributed by atoms with Crippen LogP contribution in [0.3, 0.4) is 0 Å². The minimum Gasteiger partial charge on any atom is -0.480 e. The lowest BCUT2D eigenvalue weighted by molar-refractivity contribution is -0.141. The molecule has 0 radical (unpaired) electrons. The van der Waals surface area contributed by atoms with E-state index in [0.29, 0.717) is 19.4 Å². The summed E-state index contributed by atoms with van der Waals surface area (Å²) in [5.41, 5.74) is -0.733. The van der Waals surface area contributed by atoms with Crippen molar-refractivity contribution < 1.29 is 19.5 Å². The van der Waals surface area contributed by atoms with Crippen molar-refractivity contribution in [1.29, 1.82) is 0 Å². The molecule has 0 aromatic heterocycles. The number of aliphatic carboxylic acids is 1. The normalized spacial score (nSPS) is 19.1. The number of nitrogens with zero attached hydrogens (tertiary/aromatic N) is 1. The van der Waals surface area contributed by atoms with E-state index in [1.807, 2.05) is 0 Å². The first kappa shape index (κ1) is 15.3. The second-order valence-corrected chi connectivity index (χ2v) is 5.31. The number of urea groups is 1. The molecule has 1 heterocycles. The van der Waals surface area contributed by atoms with Crippen LogP contribution in [0.2, 0.25) is 0 Å². The summed E-state index contributed by atoms with van der Waals surface area (Å²) < 4.78 is 0. The highest BCUT2D eigenvalue weighted by atomic mass is 16.4. The van der Waals surface area contributed by atoms with Crippen LogP contribution in [0.4, 0.5) is 4.79 Å². The Balaban J connectivity index is 2.56. The largest absolute Gasteiger partial charge is 0.480 e. The fourth-order valence-corrected chi connectivity index (χ4v) is 2.08. The van der Waals surface area contributed by atoms with Crippen LogP contribution < -0.4 is 10.6 Å². The number of carboxylic acids is 1. The SMILES string of the molecule is CNC(=O)C(C)(C)CNC(=O)N1CCC[C@@H]1C(=O)O. The number of amides is 3. The molecule has 1 rings (SSSR count). The van der Waals surface area contributed by atoms with Crippen LogP contribution in [-0.4, -0.2) is 54.1 Å². The highest BCUT2D eigenvalue weighted by Gasteiger charge is 2.35. The maximum absolute atomic E-state index is 11.9. The number of nitrogens with one attached hydrogen (secondary N) is 2. The van der Waals surface area contributed by atoms with Crippen LogP contribution in [0.1, 0.15) is 26.7 Å². The lowest BCUT2D eigenvalue weighted by atomic mass is 9.92. The quantitative estimate of drug-likeness (QED) is 0.671. The molecule has 7 heteroatoms. The third kappa shape index (κ3) is 3.59.